The summed E-state index contributed by atoms with van der Waals surface area (Å²) in [7, 11) is 0. The summed E-state index contributed by atoms with van der Waals surface area (Å²) in [4.78, 5) is 23.3. The third kappa shape index (κ3) is 1.65. The number of aliphatic hydroxyl groups is 2. The Labute approximate surface area is 107 Å². The van der Waals surface area contributed by atoms with E-state index in [-0.39, 0.29) is 0 Å². The highest BCUT2D eigenvalue weighted by molar-refractivity contribution is 5.88. The summed E-state index contributed by atoms with van der Waals surface area (Å²) >= 11 is 0. The number of carbonyl (C=O) groups is 2. The lowest BCUT2D eigenvalue weighted by Gasteiger charge is -2.26. The third-order valence-corrected chi connectivity index (χ3v) is 3.10. The number of aliphatic hydroxyl groups excluding tert-OH is 2. The van der Waals surface area contributed by atoms with Gasteiger partial charge in [-0.15, -0.1) is 0 Å². The second-order valence-electron chi connectivity index (χ2n) is 4.32. The molecule has 2 aliphatic rings. The number of hydrogen-bond acceptors (Lipinski definition) is 6. The molecule has 0 bridgehead atoms. The molecule has 2 unspecified atom stereocenters. The van der Waals surface area contributed by atoms with Crippen LogP contribution in [0, 0.1) is 0 Å². The minimum Gasteiger partial charge on any atom is -0.412 e. The lowest BCUT2D eigenvalue weighted by Crippen LogP contribution is -2.38. The van der Waals surface area contributed by atoms with Gasteiger partial charge in [0.2, 0.25) is 0 Å². The zero-order chi connectivity index (χ0) is 13.6. The monoisotopic (exact) mass is 262 g/mol. The van der Waals surface area contributed by atoms with Gasteiger partial charge in [0, 0.05) is 11.6 Å². The molecule has 1 heterocycles. The second kappa shape index (κ2) is 3.91. The molecule has 2 atom stereocenters. The van der Waals surface area contributed by atoms with E-state index in [0.717, 1.165) is 5.56 Å². The highest BCUT2D eigenvalue weighted by Gasteiger charge is 2.50. The van der Waals surface area contributed by atoms with Crippen molar-refractivity contribution in [2.45, 2.75) is 18.0 Å². The van der Waals surface area contributed by atoms with Gasteiger partial charge in [0.25, 0.3) is 0 Å². The SMILES string of the molecule is O=C1OC2(C=Cc3ccccc32)OC(=O)C(O)C1O. The van der Waals surface area contributed by atoms with Crippen LogP contribution >= 0.6 is 0 Å². The van der Waals surface area contributed by atoms with Crippen molar-refractivity contribution >= 4 is 18.0 Å². The molecule has 0 saturated carbocycles. The lowest BCUT2D eigenvalue weighted by atomic mass is 10.1. The summed E-state index contributed by atoms with van der Waals surface area (Å²) in [6.07, 6.45) is -0.862. The Morgan fingerprint density at radius 2 is 1.58 bits per heavy atom. The van der Waals surface area contributed by atoms with Crippen molar-refractivity contribution in [3.63, 3.8) is 0 Å². The van der Waals surface area contributed by atoms with Gasteiger partial charge in [0.1, 0.15) is 0 Å². The Hall–Kier alpha value is -2.18. The smallest absolute Gasteiger partial charge is 0.342 e. The largest absolute Gasteiger partial charge is 0.412 e. The number of carbonyl (C=O) groups excluding carboxylic acids is 2. The van der Waals surface area contributed by atoms with Gasteiger partial charge in [0.15, 0.2) is 12.2 Å². The minimum absolute atomic E-state index is 0.470. The first-order valence-electron chi connectivity index (χ1n) is 5.64. The molecule has 6 heteroatoms. The molecular formula is C13H10O6. The number of rotatable bonds is 0. The van der Waals surface area contributed by atoms with Crippen molar-refractivity contribution in [1.82, 2.24) is 0 Å². The maximum atomic E-state index is 11.6. The van der Waals surface area contributed by atoms with E-state index in [1.165, 1.54) is 6.08 Å². The average Bonchev–Trinajstić information content (AvgIpc) is 2.72. The number of hydrogen-bond donors (Lipinski definition) is 2. The molecule has 19 heavy (non-hydrogen) atoms. The average molecular weight is 262 g/mol. The molecule has 0 amide bonds. The van der Waals surface area contributed by atoms with Crippen molar-refractivity contribution < 1.29 is 29.3 Å². The molecule has 3 rings (SSSR count). The number of fused-ring (bicyclic) bond motifs is 2. The molecule has 0 aromatic heterocycles. The number of benzene rings is 1. The van der Waals surface area contributed by atoms with Crippen LogP contribution in [0.2, 0.25) is 0 Å². The van der Waals surface area contributed by atoms with E-state index >= 15 is 0 Å². The summed E-state index contributed by atoms with van der Waals surface area (Å²) in [6.45, 7) is 0. The van der Waals surface area contributed by atoms with Gasteiger partial charge in [-0.2, -0.15) is 0 Å². The van der Waals surface area contributed by atoms with E-state index in [1.54, 1.807) is 30.3 Å². The van der Waals surface area contributed by atoms with Gasteiger partial charge in [-0.3, -0.25) is 0 Å². The highest BCUT2D eigenvalue weighted by Crippen LogP contribution is 2.40. The van der Waals surface area contributed by atoms with Crippen LogP contribution in [0.4, 0.5) is 0 Å². The molecule has 0 radical (unpaired) electrons. The van der Waals surface area contributed by atoms with Crippen LogP contribution < -0.4 is 0 Å². The predicted octanol–water partition coefficient (Wildman–Crippen LogP) is -0.312. The molecule has 98 valence electrons. The first-order valence-corrected chi connectivity index (χ1v) is 5.64. The maximum Gasteiger partial charge on any atom is 0.342 e. The van der Waals surface area contributed by atoms with E-state index in [9.17, 15) is 19.8 Å². The van der Waals surface area contributed by atoms with Crippen LogP contribution in [0.15, 0.2) is 30.3 Å². The molecule has 1 saturated heterocycles. The Kier molecular flexibility index (Phi) is 2.44. The molecule has 1 aliphatic heterocycles. The van der Waals surface area contributed by atoms with E-state index in [2.05, 4.69) is 0 Å². The number of ether oxygens (including phenoxy) is 2. The lowest BCUT2D eigenvalue weighted by molar-refractivity contribution is -0.211. The normalized spacial score (nSPS) is 32.7. The quantitative estimate of drug-likeness (QED) is 0.623. The Balaban J connectivity index is 2.09. The van der Waals surface area contributed by atoms with Crippen LogP contribution in [-0.4, -0.2) is 34.4 Å². The maximum absolute atomic E-state index is 11.6. The van der Waals surface area contributed by atoms with E-state index in [0.29, 0.717) is 5.56 Å². The van der Waals surface area contributed by atoms with Gasteiger partial charge in [-0.25, -0.2) is 9.59 Å². The Morgan fingerprint density at radius 3 is 2.21 bits per heavy atom. The number of esters is 2. The Morgan fingerprint density at radius 1 is 1.00 bits per heavy atom. The standard InChI is InChI=1S/C13H10O6/c14-9-10(15)12(17)19-13(18-11(9)16)6-5-7-3-1-2-4-8(7)13/h1-6,9-10,14-15H. The summed E-state index contributed by atoms with van der Waals surface area (Å²) in [5, 5.41) is 18.9. The fraction of sp³-hybridized carbons (Fsp3) is 0.231. The van der Waals surface area contributed by atoms with Crippen LogP contribution in [-0.2, 0) is 24.8 Å². The van der Waals surface area contributed by atoms with E-state index in [4.69, 9.17) is 9.47 Å². The van der Waals surface area contributed by atoms with Gasteiger partial charge >= 0.3 is 17.7 Å². The molecule has 1 aromatic carbocycles. The summed E-state index contributed by atoms with van der Waals surface area (Å²) in [5.41, 5.74) is 1.20. The van der Waals surface area contributed by atoms with E-state index in [1.807, 2.05) is 0 Å². The molecule has 1 aliphatic carbocycles. The summed E-state index contributed by atoms with van der Waals surface area (Å²) in [6, 6.07) is 6.89. The zero-order valence-corrected chi connectivity index (χ0v) is 9.65. The van der Waals surface area contributed by atoms with Gasteiger partial charge < -0.3 is 19.7 Å². The van der Waals surface area contributed by atoms with Crippen molar-refractivity contribution in [2.24, 2.45) is 0 Å². The molecular weight excluding hydrogens is 252 g/mol. The fourth-order valence-corrected chi connectivity index (χ4v) is 2.13. The van der Waals surface area contributed by atoms with Crippen LogP contribution in [0.3, 0.4) is 0 Å². The van der Waals surface area contributed by atoms with Crippen molar-refractivity contribution in [3.8, 4) is 0 Å². The molecule has 1 aromatic rings. The van der Waals surface area contributed by atoms with Crippen molar-refractivity contribution in [3.05, 3.63) is 41.5 Å². The van der Waals surface area contributed by atoms with Crippen molar-refractivity contribution in [2.75, 3.05) is 0 Å². The van der Waals surface area contributed by atoms with Gasteiger partial charge in [-0.1, -0.05) is 30.3 Å². The molecule has 2 N–H and O–H groups in total. The van der Waals surface area contributed by atoms with Gasteiger partial charge in [0.05, 0.1) is 0 Å². The second-order valence-corrected chi connectivity index (χ2v) is 4.32. The molecule has 6 nitrogen and oxygen atoms in total. The van der Waals surface area contributed by atoms with Crippen LogP contribution in [0.1, 0.15) is 11.1 Å². The summed E-state index contributed by atoms with van der Waals surface area (Å²) in [5.74, 6) is -3.93. The first-order chi connectivity index (χ1) is 9.03. The van der Waals surface area contributed by atoms with Crippen molar-refractivity contribution in [1.29, 1.82) is 0 Å². The molecule has 1 spiro atoms. The highest BCUT2D eigenvalue weighted by atomic mass is 16.7. The first kappa shape index (κ1) is 11.9. The van der Waals surface area contributed by atoms with E-state index < -0.39 is 29.9 Å². The Bertz CT molecular complexity index is 569. The predicted molar refractivity (Wildman–Crippen MR) is 61.4 cm³/mol. The zero-order valence-electron chi connectivity index (χ0n) is 9.65. The van der Waals surface area contributed by atoms with Gasteiger partial charge in [-0.05, 0) is 5.56 Å². The fourth-order valence-electron chi connectivity index (χ4n) is 2.13. The third-order valence-electron chi connectivity index (χ3n) is 3.10. The topological polar surface area (TPSA) is 93.1 Å². The van der Waals surface area contributed by atoms with Crippen LogP contribution in [0.25, 0.3) is 6.08 Å². The summed E-state index contributed by atoms with van der Waals surface area (Å²) < 4.78 is 10.1. The minimum atomic E-state index is -1.95. The van der Waals surface area contributed by atoms with Crippen LogP contribution in [0.5, 0.6) is 0 Å². The molecule has 1 fully saturated rings.